The molecule has 0 aliphatic rings. The molecule has 0 saturated carbocycles. The van der Waals surface area contributed by atoms with E-state index in [1.165, 1.54) is 0 Å². The maximum Gasteiger partial charge on any atom is 0.253 e. The molecule has 4 N–H and O–H groups in total. The molecule has 1 heterocycles. The summed E-state index contributed by atoms with van der Waals surface area (Å²) in [5, 5.41) is 18.6. The van der Waals surface area contributed by atoms with Crippen molar-refractivity contribution in [3.05, 3.63) is 101 Å². The number of carbonyl (C=O) groups is 2. The van der Waals surface area contributed by atoms with Crippen molar-refractivity contribution in [2.24, 2.45) is 0 Å². The van der Waals surface area contributed by atoms with Crippen LogP contribution in [0.4, 0.5) is 13.2 Å². The predicted octanol–water partition coefficient (Wildman–Crippen LogP) is 4.42. The molecule has 9 nitrogen and oxygen atoms in total. The van der Waals surface area contributed by atoms with Gasteiger partial charge < -0.3 is 21.1 Å². The van der Waals surface area contributed by atoms with Crippen LogP contribution in [0.15, 0.2) is 60.9 Å². The summed E-state index contributed by atoms with van der Waals surface area (Å²) in [6.45, 7) is 6.06. The highest BCUT2D eigenvalue weighted by molar-refractivity contribution is 7.92. The third-order valence-corrected chi connectivity index (χ3v) is 10.3. The van der Waals surface area contributed by atoms with Crippen molar-refractivity contribution in [2.75, 3.05) is 12.3 Å². The van der Waals surface area contributed by atoms with E-state index in [1.807, 2.05) is 45.0 Å². The van der Waals surface area contributed by atoms with Crippen LogP contribution in [0.3, 0.4) is 0 Å². The Morgan fingerprint density at radius 1 is 0.854 bits per heavy atom. The van der Waals surface area contributed by atoms with Gasteiger partial charge in [-0.15, -0.1) is 0 Å². The lowest BCUT2D eigenvalue weighted by Crippen LogP contribution is -2.57. The summed E-state index contributed by atoms with van der Waals surface area (Å²) < 4.78 is 69.1. The summed E-state index contributed by atoms with van der Waals surface area (Å²) in [6.07, 6.45) is 3.15. The molecule has 3 aromatic rings. The quantitative estimate of drug-likeness (QED) is 0.146. The first-order chi connectivity index (χ1) is 22.8. The standard InChI is InChI=1S/C35H45F3N4O5S/c1-4-8-30(9-5-2)48(46,47)22-32(42-34(44)26-16-29(38)20-40-19-26)35(45)41-31(15-25-13-27(36)17-28(37)14-25)33(43)21-39-18-24-11-7-10-23(6-3)12-24/h7,10-14,16-17,19-20,30-33,39,43H,4-6,8-9,15,18,21-22H2,1-3H3,(H,41,45)(H,42,44)/t31-,32+,33+/m0/s1. The molecule has 0 aliphatic carbocycles. The minimum atomic E-state index is -3.94. The number of aromatic nitrogens is 1. The molecule has 3 rings (SSSR count). The van der Waals surface area contributed by atoms with E-state index in [4.69, 9.17) is 0 Å². The zero-order valence-electron chi connectivity index (χ0n) is 27.5. The highest BCUT2D eigenvalue weighted by Gasteiger charge is 2.34. The van der Waals surface area contributed by atoms with E-state index in [0.29, 0.717) is 38.3 Å². The first-order valence-electron chi connectivity index (χ1n) is 16.2. The Morgan fingerprint density at radius 2 is 1.52 bits per heavy atom. The molecule has 0 saturated heterocycles. The molecule has 3 atom stereocenters. The Labute approximate surface area is 280 Å². The average Bonchev–Trinajstić information content (AvgIpc) is 3.03. The number of nitrogens with zero attached hydrogens (tertiary/aromatic N) is 1. The Hall–Kier alpha value is -3.81. The molecular formula is C35H45F3N4O5S. The van der Waals surface area contributed by atoms with Gasteiger partial charge in [0.1, 0.15) is 23.5 Å². The number of aryl methyl sites for hydroxylation is 1. The molecule has 262 valence electrons. The number of carbonyl (C=O) groups excluding carboxylic acids is 2. The first-order valence-corrected chi connectivity index (χ1v) is 17.9. The van der Waals surface area contributed by atoms with Crippen molar-refractivity contribution in [1.29, 1.82) is 0 Å². The van der Waals surface area contributed by atoms with E-state index >= 15 is 0 Å². The molecule has 0 fully saturated rings. The van der Waals surface area contributed by atoms with E-state index < -0.39 is 68.3 Å². The van der Waals surface area contributed by atoms with Crippen molar-refractivity contribution in [3.8, 4) is 0 Å². The average molecular weight is 691 g/mol. The lowest BCUT2D eigenvalue weighted by molar-refractivity contribution is -0.124. The van der Waals surface area contributed by atoms with Crippen molar-refractivity contribution >= 4 is 21.7 Å². The Balaban J connectivity index is 1.89. The highest BCUT2D eigenvalue weighted by Crippen LogP contribution is 2.18. The molecule has 2 aromatic carbocycles. The third kappa shape index (κ3) is 12.0. The fourth-order valence-corrected chi connectivity index (χ4v) is 7.65. The predicted molar refractivity (Wildman–Crippen MR) is 178 cm³/mol. The number of aliphatic hydroxyl groups is 1. The van der Waals surface area contributed by atoms with Crippen LogP contribution in [-0.2, 0) is 34.0 Å². The normalized spacial score (nSPS) is 13.6. The van der Waals surface area contributed by atoms with E-state index in [2.05, 4.69) is 20.9 Å². The molecule has 0 bridgehead atoms. The molecule has 0 spiro atoms. The number of hydrogen-bond acceptors (Lipinski definition) is 7. The minimum absolute atomic E-state index is 0.0432. The van der Waals surface area contributed by atoms with E-state index in [-0.39, 0.29) is 24.1 Å². The van der Waals surface area contributed by atoms with Crippen molar-refractivity contribution in [2.45, 2.75) is 89.3 Å². The summed E-state index contributed by atoms with van der Waals surface area (Å²) in [5.41, 5.74) is 2.00. The molecule has 1 aromatic heterocycles. The highest BCUT2D eigenvalue weighted by atomic mass is 32.2. The van der Waals surface area contributed by atoms with Gasteiger partial charge in [-0.3, -0.25) is 14.6 Å². The van der Waals surface area contributed by atoms with Gasteiger partial charge in [0.25, 0.3) is 5.91 Å². The summed E-state index contributed by atoms with van der Waals surface area (Å²) in [6, 6.07) is 8.77. The van der Waals surface area contributed by atoms with Gasteiger partial charge in [0.2, 0.25) is 5.91 Å². The summed E-state index contributed by atoms with van der Waals surface area (Å²) in [5.74, 6) is -5.14. The van der Waals surface area contributed by atoms with Gasteiger partial charge in [-0.05, 0) is 60.6 Å². The van der Waals surface area contributed by atoms with Gasteiger partial charge in [-0.25, -0.2) is 21.6 Å². The maximum atomic E-state index is 14.1. The number of benzene rings is 2. The minimum Gasteiger partial charge on any atom is -0.390 e. The van der Waals surface area contributed by atoms with Crippen molar-refractivity contribution in [1.82, 2.24) is 20.9 Å². The summed E-state index contributed by atoms with van der Waals surface area (Å²) in [4.78, 5) is 30.6. The van der Waals surface area contributed by atoms with Crippen LogP contribution in [-0.4, -0.2) is 66.1 Å². The lowest BCUT2D eigenvalue weighted by Gasteiger charge is -2.28. The van der Waals surface area contributed by atoms with Gasteiger partial charge in [-0.2, -0.15) is 0 Å². The summed E-state index contributed by atoms with van der Waals surface area (Å²) in [7, 11) is -3.94. The number of pyridine rings is 1. The number of halogens is 3. The van der Waals surface area contributed by atoms with Crippen LogP contribution in [0.2, 0.25) is 0 Å². The number of hydrogen-bond donors (Lipinski definition) is 4. The maximum absolute atomic E-state index is 14.1. The molecular weight excluding hydrogens is 645 g/mol. The van der Waals surface area contributed by atoms with Crippen LogP contribution in [0.1, 0.15) is 73.5 Å². The van der Waals surface area contributed by atoms with Gasteiger partial charge in [-0.1, -0.05) is 57.9 Å². The second kappa shape index (κ2) is 18.7. The van der Waals surface area contributed by atoms with Gasteiger partial charge in [0.05, 0.1) is 34.9 Å². The molecule has 0 unspecified atom stereocenters. The van der Waals surface area contributed by atoms with Gasteiger partial charge in [0.15, 0.2) is 9.84 Å². The van der Waals surface area contributed by atoms with Gasteiger partial charge >= 0.3 is 0 Å². The van der Waals surface area contributed by atoms with Gasteiger partial charge in [0, 0.05) is 25.4 Å². The van der Waals surface area contributed by atoms with E-state index in [0.717, 1.165) is 48.1 Å². The van der Waals surface area contributed by atoms with Crippen LogP contribution < -0.4 is 16.0 Å². The van der Waals surface area contributed by atoms with Crippen LogP contribution in [0.25, 0.3) is 0 Å². The smallest absolute Gasteiger partial charge is 0.253 e. The second-order valence-electron chi connectivity index (χ2n) is 11.9. The second-order valence-corrected chi connectivity index (χ2v) is 14.2. The number of sulfone groups is 1. The fourth-order valence-electron chi connectivity index (χ4n) is 5.49. The largest absolute Gasteiger partial charge is 0.390 e. The fraction of sp³-hybridized carbons (Fsp3) is 0.457. The number of amides is 2. The van der Waals surface area contributed by atoms with Crippen molar-refractivity contribution in [3.63, 3.8) is 0 Å². The topological polar surface area (TPSA) is 137 Å². The van der Waals surface area contributed by atoms with E-state index in [1.54, 1.807) is 0 Å². The molecule has 0 aliphatic heterocycles. The zero-order valence-corrected chi connectivity index (χ0v) is 28.3. The SMILES string of the molecule is CCCC(CCC)S(=O)(=O)C[C@@H](NC(=O)c1cncc(F)c1)C(=O)N[C@@H](Cc1cc(F)cc(F)c1)[C@H](O)CNCc1cccc(CC)c1. The van der Waals surface area contributed by atoms with E-state index in [9.17, 15) is 36.3 Å². The number of aliphatic hydroxyl groups excluding tert-OH is 1. The number of nitrogens with one attached hydrogen (secondary N) is 3. The summed E-state index contributed by atoms with van der Waals surface area (Å²) >= 11 is 0. The van der Waals surface area contributed by atoms with Crippen LogP contribution >= 0.6 is 0 Å². The molecule has 0 radical (unpaired) electrons. The van der Waals surface area contributed by atoms with Crippen molar-refractivity contribution < 1.29 is 36.3 Å². The molecule has 13 heteroatoms. The first kappa shape index (κ1) is 38.6. The van der Waals surface area contributed by atoms with Crippen LogP contribution in [0, 0.1) is 17.5 Å². The Morgan fingerprint density at radius 3 is 2.15 bits per heavy atom. The zero-order chi connectivity index (χ0) is 35.3. The molecule has 48 heavy (non-hydrogen) atoms. The number of rotatable bonds is 19. The lowest BCUT2D eigenvalue weighted by atomic mass is 10.00. The monoisotopic (exact) mass is 690 g/mol. The molecule has 2 amide bonds. The Kier molecular flexibility index (Phi) is 15.0. The van der Waals surface area contributed by atoms with Crippen LogP contribution in [0.5, 0.6) is 0 Å². The third-order valence-electron chi connectivity index (χ3n) is 7.97. The Bertz CT molecular complexity index is 1600.